The van der Waals surface area contributed by atoms with Crippen LogP contribution in [0.4, 0.5) is 0 Å². The second kappa shape index (κ2) is 3.38. The molecule has 0 saturated carbocycles. The van der Waals surface area contributed by atoms with Gasteiger partial charge in [0, 0.05) is 6.92 Å². The average molecular weight is 154 g/mol. The highest BCUT2D eigenvalue weighted by Crippen LogP contribution is 2.14. The van der Waals surface area contributed by atoms with Crippen LogP contribution in [-0.2, 0) is 4.79 Å². The summed E-state index contributed by atoms with van der Waals surface area (Å²) in [5.74, 6) is -0.0425. The first kappa shape index (κ1) is 9.96. The molecular weight excluding hydrogens is 140 g/mol. The molecule has 1 unspecified atom stereocenters. The fraction of sp³-hybridized carbons (Fsp3) is 0.750. The van der Waals surface area contributed by atoms with Crippen molar-refractivity contribution < 1.29 is 4.79 Å². The molecule has 0 aliphatic heterocycles. The van der Waals surface area contributed by atoms with Gasteiger partial charge in [0.15, 0.2) is 0 Å². The van der Waals surface area contributed by atoms with Crippen molar-refractivity contribution in [2.45, 2.75) is 33.2 Å². The van der Waals surface area contributed by atoms with E-state index in [2.05, 4.69) is 11.4 Å². The molecule has 3 nitrogen and oxygen atoms in total. The van der Waals surface area contributed by atoms with E-state index in [-0.39, 0.29) is 11.8 Å². The molecule has 1 amide bonds. The smallest absolute Gasteiger partial charge is 0.218 e. The highest BCUT2D eigenvalue weighted by atomic mass is 16.1. The number of amides is 1. The summed E-state index contributed by atoms with van der Waals surface area (Å²) in [6.07, 6.45) is 0. The van der Waals surface area contributed by atoms with Gasteiger partial charge in [-0.3, -0.25) is 4.79 Å². The van der Waals surface area contributed by atoms with Crippen LogP contribution in [0.15, 0.2) is 0 Å². The number of nitriles is 1. The Balaban J connectivity index is 4.38. The Labute approximate surface area is 67.4 Å². The van der Waals surface area contributed by atoms with Gasteiger partial charge in [-0.2, -0.15) is 5.26 Å². The minimum absolute atomic E-state index is 0.122. The summed E-state index contributed by atoms with van der Waals surface area (Å²) >= 11 is 0. The summed E-state index contributed by atoms with van der Waals surface area (Å²) in [6, 6.07) is 2.08. The molecule has 0 rings (SSSR count). The minimum Gasteiger partial charge on any atom is -0.338 e. The quantitative estimate of drug-likeness (QED) is 0.646. The summed E-state index contributed by atoms with van der Waals surface area (Å²) < 4.78 is 0. The number of carbonyl (C=O) groups excluding carboxylic acids is 1. The van der Waals surface area contributed by atoms with Crippen LogP contribution >= 0.6 is 0 Å². The lowest BCUT2D eigenvalue weighted by atomic mass is 9.90. The van der Waals surface area contributed by atoms with Gasteiger partial charge in [0.2, 0.25) is 5.91 Å². The van der Waals surface area contributed by atoms with Crippen LogP contribution in [0.25, 0.3) is 0 Å². The number of rotatable bonds is 2. The second-order valence-electron chi connectivity index (χ2n) is 3.15. The zero-order valence-corrected chi connectivity index (χ0v) is 7.43. The highest BCUT2D eigenvalue weighted by Gasteiger charge is 2.28. The van der Waals surface area contributed by atoms with E-state index in [1.165, 1.54) is 6.92 Å². The Morgan fingerprint density at radius 2 is 2.09 bits per heavy atom. The molecule has 0 aliphatic rings. The highest BCUT2D eigenvalue weighted by molar-refractivity contribution is 5.74. The number of hydrogen-bond acceptors (Lipinski definition) is 2. The maximum Gasteiger partial charge on any atom is 0.218 e. The molecule has 0 saturated heterocycles. The standard InChI is InChI=1S/C8H14N2O/c1-6(2)8(4,5-9)10-7(3)11/h6H,1-4H3,(H,10,11). The predicted octanol–water partition coefficient (Wildman–Crippen LogP) is 1.06. The molecule has 0 aromatic rings. The van der Waals surface area contributed by atoms with E-state index in [0.29, 0.717) is 0 Å². The van der Waals surface area contributed by atoms with Crippen molar-refractivity contribution in [3.63, 3.8) is 0 Å². The van der Waals surface area contributed by atoms with Gasteiger partial charge in [0.05, 0.1) is 6.07 Å². The molecular formula is C8H14N2O. The molecule has 0 bridgehead atoms. The minimum atomic E-state index is -0.730. The van der Waals surface area contributed by atoms with E-state index in [4.69, 9.17) is 5.26 Å². The van der Waals surface area contributed by atoms with Gasteiger partial charge in [-0.1, -0.05) is 13.8 Å². The third-order valence-corrected chi connectivity index (χ3v) is 1.82. The fourth-order valence-corrected chi connectivity index (χ4v) is 0.667. The van der Waals surface area contributed by atoms with E-state index in [1.807, 2.05) is 13.8 Å². The van der Waals surface area contributed by atoms with E-state index in [1.54, 1.807) is 6.92 Å². The second-order valence-corrected chi connectivity index (χ2v) is 3.15. The summed E-state index contributed by atoms with van der Waals surface area (Å²) in [4.78, 5) is 10.7. The Morgan fingerprint density at radius 3 is 2.18 bits per heavy atom. The van der Waals surface area contributed by atoms with Gasteiger partial charge in [0.1, 0.15) is 5.54 Å². The van der Waals surface area contributed by atoms with Crippen molar-refractivity contribution in [3.8, 4) is 6.07 Å². The molecule has 0 fully saturated rings. The summed E-state index contributed by atoms with van der Waals surface area (Å²) in [6.45, 7) is 6.94. The van der Waals surface area contributed by atoms with E-state index in [0.717, 1.165) is 0 Å². The Hall–Kier alpha value is -1.04. The maximum absolute atomic E-state index is 10.7. The van der Waals surface area contributed by atoms with Crippen molar-refractivity contribution >= 4 is 5.91 Å². The molecule has 62 valence electrons. The van der Waals surface area contributed by atoms with Crippen LogP contribution in [0.1, 0.15) is 27.7 Å². The van der Waals surface area contributed by atoms with Crippen molar-refractivity contribution in [1.82, 2.24) is 5.32 Å². The molecule has 0 radical (unpaired) electrons. The molecule has 0 aromatic heterocycles. The van der Waals surface area contributed by atoms with Crippen LogP contribution in [0.2, 0.25) is 0 Å². The fourth-order valence-electron chi connectivity index (χ4n) is 0.667. The largest absolute Gasteiger partial charge is 0.338 e. The third kappa shape index (κ3) is 2.58. The summed E-state index contributed by atoms with van der Waals surface area (Å²) in [5, 5.41) is 11.3. The van der Waals surface area contributed by atoms with Gasteiger partial charge >= 0.3 is 0 Å². The lowest BCUT2D eigenvalue weighted by Gasteiger charge is -2.26. The van der Waals surface area contributed by atoms with Crippen molar-refractivity contribution in [3.05, 3.63) is 0 Å². The zero-order chi connectivity index (χ0) is 9.07. The van der Waals surface area contributed by atoms with Crippen molar-refractivity contribution in [2.24, 2.45) is 5.92 Å². The van der Waals surface area contributed by atoms with Gasteiger partial charge in [0.25, 0.3) is 0 Å². The Bertz CT molecular complexity index is 193. The SMILES string of the molecule is CC(=O)NC(C)(C#N)C(C)C. The first-order chi connectivity index (χ1) is 4.92. The Kier molecular flexibility index (Phi) is 3.06. The summed E-state index contributed by atoms with van der Waals surface area (Å²) in [7, 11) is 0. The van der Waals surface area contributed by atoms with Crippen LogP contribution in [-0.4, -0.2) is 11.4 Å². The molecule has 0 spiro atoms. The molecule has 3 heteroatoms. The molecule has 0 aromatic carbocycles. The number of carbonyl (C=O) groups is 1. The van der Waals surface area contributed by atoms with Crippen LogP contribution in [0.3, 0.4) is 0 Å². The van der Waals surface area contributed by atoms with E-state index in [9.17, 15) is 4.79 Å². The molecule has 1 N–H and O–H groups in total. The van der Waals surface area contributed by atoms with Crippen molar-refractivity contribution in [1.29, 1.82) is 5.26 Å². The van der Waals surface area contributed by atoms with Gasteiger partial charge in [-0.25, -0.2) is 0 Å². The monoisotopic (exact) mass is 154 g/mol. The first-order valence-corrected chi connectivity index (χ1v) is 3.62. The molecule has 11 heavy (non-hydrogen) atoms. The summed E-state index contributed by atoms with van der Waals surface area (Å²) in [5.41, 5.74) is -0.730. The normalized spacial score (nSPS) is 15.3. The van der Waals surface area contributed by atoms with Crippen LogP contribution in [0, 0.1) is 17.2 Å². The topological polar surface area (TPSA) is 52.9 Å². The third-order valence-electron chi connectivity index (χ3n) is 1.82. The predicted molar refractivity (Wildman–Crippen MR) is 42.7 cm³/mol. The zero-order valence-electron chi connectivity index (χ0n) is 7.43. The average Bonchev–Trinajstić information content (AvgIpc) is 1.86. The molecule has 0 aliphatic carbocycles. The van der Waals surface area contributed by atoms with E-state index < -0.39 is 5.54 Å². The number of nitrogens with zero attached hydrogens (tertiary/aromatic N) is 1. The van der Waals surface area contributed by atoms with Gasteiger partial charge < -0.3 is 5.32 Å². The number of hydrogen-bond donors (Lipinski definition) is 1. The number of nitrogens with one attached hydrogen (secondary N) is 1. The lowest BCUT2D eigenvalue weighted by Crippen LogP contribution is -2.47. The molecule has 1 atom stereocenters. The Morgan fingerprint density at radius 1 is 1.64 bits per heavy atom. The van der Waals surface area contributed by atoms with Crippen molar-refractivity contribution in [2.75, 3.05) is 0 Å². The van der Waals surface area contributed by atoms with E-state index >= 15 is 0 Å². The maximum atomic E-state index is 10.7. The van der Waals surface area contributed by atoms with Gasteiger partial charge in [-0.15, -0.1) is 0 Å². The lowest BCUT2D eigenvalue weighted by molar-refractivity contribution is -0.120. The first-order valence-electron chi connectivity index (χ1n) is 3.62. The molecule has 0 heterocycles. The van der Waals surface area contributed by atoms with Crippen LogP contribution < -0.4 is 5.32 Å². The van der Waals surface area contributed by atoms with Crippen LogP contribution in [0.5, 0.6) is 0 Å². The van der Waals surface area contributed by atoms with Gasteiger partial charge in [-0.05, 0) is 12.8 Å².